The fourth-order valence-electron chi connectivity index (χ4n) is 4.20. The summed E-state index contributed by atoms with van der Waals surface area (Å²) in [6.07, 6.45) is 5.41. The number of nitrogens with zero attached hydrogens (tertiary/aromatic N) is 1. The first-order valence-electron chi connectivity index (χ1n) is 8.68. The first-order valence-corrected chi connectivity index (χ1v) is 8.68. The van der Waals surface area contributed by atoms with Crippen molar-refractivity contribution in [2.45, 2.75) is 38.5 Å². The van der Waals surface area contributed by atoms with Crippen molar-refractivity contribution in [3.63, 3.8) is 0 Å². The molecule has 4 nitrogen and oxygen atoms in total. The molecular weight excluding hydrogens is 290 g/mol. The topological polar surface area (TPSA) is 57.6 Å². The second kappa shape index (κ2) is 7.16. The molecule has 4 heteroatoms. The minimum Gasteiger partial charge on any atom is -0.481 e. The number of fused-ring (bicyclic) bond motifs is 1. The van der Waals surface area contributed by atoms with Gasteiger partial charge in [-0.25, -0.2) is 0 Å². The molecule has 1 aromatic rings. The Hall–Kier alpha value is -1.84. The van der Waals surface area contributed by atoms with E-state index in [0.29, 0.717) is 18.3 Å². The van der Waals surface area contributed by atoms with Crippen molar-refractivity contribution in [1.82, 2.24) is 4.90 Å². The molecule has 1 amide bonds. The van der Waals surface area contributed by atoms with Gasteiger partial charge < -0.3 is 10.0 Å². The van der Waals surface area contributed by atoms with E-state index in [4.69, 9.17) is 0 Å². The Balaban J connectivity index is 1.68. The number of carbonyl (C=O) groups is 2. The van der Waals surface area contributed by atoms with E-state index in [0.717, 1.165) is 18.7 Å². The Morgan fingerprint density at radius 2 is 1.70 bits per heavy atom. The number of benzene rings is 1. The molecule has 3 atom stereocenters. The second-order valence-corrected chi connectivity index (χ2v) is 7.03. The summed E-state index contributed by atoms with van der Waals surface area (Å²) >= 11 is 0. The van der Waals surface area contributed by atoms with Crippen molar-refractivity contribution < 1.29 is 14.7 Å². The summed E-state index contributed by atoms with van der Waals surface area (Å²) in [6.45, 7) is 1.66. The number of amides is 1. The van der Waals surface area contributed by atoms with Crippen molar-refractivity contribution in [1.29, 1.82) is 0 Å². The Morgan fingerprint density at radius 3 is 2.26 bits per heavy atom. The van der Waals surface area contributed by atoms with E-state index in [1.54, 1.807) is 0 Å². The maximum absolute atomic E-state index is 12.9. The maximum Gasteiger partial charge on any atom is 0.304 e. The van der Waals surface area contributed by atoms with Gasteiger partial charge in [-0.2, -0.15) is 0 Å². The highest BCUT2D eigenvalue weighted by atomic mass is 16.4. The van der Waals surface area contributed by atoms with Crippen molar-refractivity contribution in [2.75, 3.05) is 13.1 Å². The highest BCUT2D eigenvalue weighted by Gasteiger charge is 2.38. The molecule has 1 aromatic carbocycles. The molecule has 2 aliphatic rings. The lowest BCUT2D eigenvalue weighted by Gasteiger charge is -2.23. The van der Waals surface area contributed by atoms with Gasteiger partial charge in [0.15, 0.2) is 0 Å². The summed E-state index contributed by atoms with van der Waals surface area (Å²) in [7, 11) is 0. The van der Waals surface area contributed by atoms with E-state index in [9.17, 15) is 14.7 Å². The normalized spacial score (nSPS) is 25.0. The van der Waals surface area contributed by atoms with Gasteiger partial charge in [0.1, 0.15) is 0 Å². The van der Waals surface area contributed by atoms with Crippen LogP contribution in [0.3, 0.4) is 0 Å². The summed E-state index contributed by atoms with van der Waals surface area (Å²) in [6, 6.07) is 9.73. The quantitative estimate of drug-likeness (QED) is 0.909. The Morgan fingerprint density at radius 1 is 1.09 bits per heavy atom. The fraction of sp³-hybridized carbons (Fsp3) is 0.579. The van der Waals surface area contributed by atoms with E-state index < -0.39 is 11.9 Å². The van der Waals surface area contributed by atoms with E-state index in [1.165, 1.54) is 25.7 Å². The first-order chi connectivity index (χ1) is 11.1. The van der Waals surface area contributed by atoms with E-state index in [-0.39, 0.29) is 12.3 Å². The molecule has 124 valence electrons. The summed E-state index contributed by atoms with van der Waals surface area (Å²) < 4.78 is 0. The zero-order chi connectivity index (χ0) is 16.2. The summed E-state index contributed by atoms with van der Waals surface area (Å²) in [5.74, 6) is -0.0404. The molecular formula is C19H25NO3. The molecule has 1 N–H and O–H groups in total. The molecule has 1 aliphatic heterocycles. The lowest BCUT2D eigenvalue weighted by Crippen LogP contribution is -2.36. The van der Waals surface area contributed by atoms with Gasteiger partial charge in [-0.1, -0.05) is 43.2 Å². The molecule has 0 bridgehead atoms. The van der Waals surface area contributed by atoms with Gasteiger partial charge >= 0.3 is 5.97 Å². The third-order valence-electron chi connectivity index (χ3n) is 5.38. The Kier molecular flexibility index (Phi) is 4.99. The standard InChI is InChI=1S/C19H25NO3/c21-18(22)11-17(10-14-6-2-1-3-7-14)19(23)20-12-15-8-4-5-9-16(15)13-20/h1-3,6-7,15-17H,4-5,8-13H2,(H,21,22)/t15-,16+,17-/m0/s1. The van der Waals surface area contributed by atoms with E-state index >= 15 is 0 Å². The smallest absolute Gasteiger partial charge is 0.304 e. The van der Waals surface area contributed by atoms with Gasteiger partial charge in [0, 0.05) is 13.1 Å². The van der Waals surface area contributed by atoms with Crippen LogP contribution in [0.2, 0.25) is 0 Å². The number of carboxylic acid groups (broad SMARTS) is 1. The second-order valence-electron chi connectivity index (χ2n) is 7.03. The summed E-state index contributed by atoms with van der Waals surface area (Å²) in [4.78, 5) is 26.0. The molecule has 3 rings (SSSR count). The van der Waals surface area contributed by atoms with Crippen molar-refractivity contribution >= 4 is 11.9 Å². The third kappa shape index (κ3) is 3.92. The summed E-state index contributed by atoms with van der Waals surface area (Å²) in [5.41, 5.74) is 1.03. The lowest BCUT2D eigenvalue weighted by atomic mass is 9.82. The van der Waals surface area contributed by atoms with Gasteiger partial charge in [0.2, 0.25) is 5.91 Å². The number of carbonyl (C=O) groups excluding carboxylic acids is 1. The van der Waals surface area contributed by atoms with Gasteiger partial charge in [-0.15, -0.1) is 0 Å². The molecule has 0 radical (unpaired) electrons. The Bertz CT molecular complexity index is 543. The van der Waals surface area contributed by atoms with Crippen LogP contribution in [-0.2, 0) is 16.0 Å². The minimum atomic E-state index is -0.893. The number of rotatable bonds is 5. The molecule has 0 aromatic heterocycles. The van der Waals surface area contributed by atoms with Crippen LogP contribution in [0.5, 0.6) is 0 Å². The maximum atomic E-state index is 12.9. The predicted molar refractivity (Wildman–Crippen MR) is 87.9 cm³/mol. The summed E-state index contributed by atoms with van der Waals surface area (Å²) in [5, 5.41) is 9.19. The lowest BCUT2D eigenvalue weighted by molar-refractivity contribution is -0.144. The van der Waals surface area contributed by atoms with Crippen molar-refractivity contribution in [2.24, 2.45) is 17.8 Å². The van der Waals surface area contributed by atoms with Crippen LogP contribution >= 0.6 is 0 Å². The molecule has 1 heterocycles. The van der Waals surface area contributed by atoms with Crippen molar-refractivity contribution in [3.8, 4) is 0 Å². The highest BCUT2D eigenvalue weighted by Crippen LogP contribution is 2.36. The van der Waals surface area contributed by atoms with Crippen LogP contribution < -0.4 is 0 Å². The van der Waals surface area contributed by atoms with Gasteiger partial charge in [0.25, 0.3) is 0 Å². The van der Waals surface area contributed by atoms with Gasteiger partial charge in [0.05, 0.1) is 12.3 Å². The SMILES string of the molecule is O=C(O)C[C@H](Cc1ccccc1)C(=O)N1C[C@H]2CCCC[C@H]2C1. The Labute approximate surface area is 137 Å². The molecule has 1 aliphatic carbocycles. The van der Waals surface area contributed by atoms with Crippen molar-refractivity contribution in [3.05, 3.63) is 35.9 Å². The van der Waals surface area contributed by atoms with Crippen LogP contribution in [0.15, 0.2) is 30.3 Å². The molecule has 23 heavy (non-hydrogen) atoms. The number of aliphatic carboxylic acids is 1. The molecule has 1 saturated carbocycles. The first kappa shape index (κ1) is 16.0. The minimum absolute atomic E-state index is 0.0330. The monoisotopic (exact) mass is 315 g/mol. The molecule has 0 spiro atoms. The average molecular weight is 315 g/mol. The largest absolute Gasteiger partial charge is 0.481 e. The molecule has 2 fully saturated rings. The van der Waals surface area contributed by atoms with Crippen LogP contribution in [-0.4, -0.2) is 35.0 Å². The predicted octanol–water partition coefficient (Wildman–Crippen LogP) is 2.97. The highest BCUT2D eigenvalue weighted by molar-refractivity contribution is 5.83. The van der Waals surface area contributed by atoms with Crippen LogP contribution in [0.25, 0.3) is 0 Å². The number of carboxylic acids is 1. The van der Waals surface area contributed by atoms with Crippen LogP contribution in [0.4, 0.5) is 0 Å². The average Bonchev–Trinajstić information content (AvgIpc) is 2.98. The number of hydrogen-bond acceptors (Lipinski definition) is 2. The zero-order valence-electron chi connectivity index (χ0n) is 13.5. The van der Waals surface area contributed by atoms with Gasteiger partial charge in [-0.3, -0.25) is 9.59 Å². The number of hydrogen-bond donors (Lipinski definition) is 1. The molecule has 0 unspecified atom stereocenters. The fourth-order valence-corrected chi connectivity index (χ4v) is 4.20. The molecule has 1 saturated heterocycles. The number of likely N-dealkylation sites (tertiary alicyclic amines) is 1. The van der Waals surface area contributed by atoms with Gasteiger partial charge in [-0.05, 0) is 36.7 Å². The van der Waals surface area contributed by atoms with Crippen LogP contribution in [0.1, 0.15) is 37.7 Å². The van der Waals surface area contributed by atoms with E-state index in [2.05, 4.69) is 0 Å². The van der Waals surface area contributed by atoms with Crippen LogP contribution in [0, 0.1) is 17.8 Å². The van der Waals surface area contributed by atoms with E-state index in [1.807, 2.05) is 35.2 Å². The third-order valence-corrected chi connectivity index (χ3v) is 5.38. The zero-order valence-corrected chi connectivity index (χ0v) is 13.5.